The maximum Gasteiger partial charge on any atom is 0.287 e. The van der Waals surface area contributed by atoms with Gasteiger partial charge in [-0.1, -0.05) is 36.1 Å². The van der Waals surface area contributed by atoms with E-state index in [1.54, 1.807) is 36.4 Å². The van der Waals surface area contributed by atoms with Crippen molar-refractivity contribution >= 4 is 22.8 Å². The van der Waals surface area contributed by atoms with E-state index >= 15 is 0 Å². The Bertz CT molecular complexity index is 1080. The van der Waals surface area contributed by atoms with E-state index in [1.807, 2.05) is 12.1 Å². The zero-order valence-electron chi connectivity index (χ0n) is 15.2. The van der Waals surface area contributed by atoms with Crippen molar-refractivity contribution in [1.82, 2.24) is 5.32 Å². The molecule has 7 nitrogen and oxygen atoms in total. The highest BCUT2D eigenvalue weighted by molar-refractivity contribution is 5.97. The van der Waals surface area contributed by atoms with Crippen LogP contribution in [0.5, 0.6) is 11.5 Å². The summed E-state index contributed by atoms with van der Waals surface area (Å²) < 4.78 is 16.2. The molecule has 28 heavy (non-hydrogen) atoms. The molecule has 3 aromatic rings. The van der Waals surface area contributed by atoms with Crippen LogP contribution in [-0.4, -0.2) is 32.1 Å². The number of primary amides is 1. The molecule has 1 aromatic heterocycles. The molecule has 0 radical (unpaired) electrons. The molecule has 0 aliphatic heterocycles. The average Bonchev–Trinajstić information content (AvgIpc) is 3.15. The molecule has 0 atom stereocenters. The van der Waals surface area contributed by atoms with Crippen molar-refractivity contribution in [2.45, 2.75) is 0 Å². The van der Waals surface area contributed by atoms with Gasteiger partial charge in [-0.15, -0.1) is 0 Å². The van der Waals surface area contributed by atoms with E-state index in [4.69, 9.17) is 19.6 Å². The van der Waals surface area contributed by atoms with E-state index < -0.39 is 5.91 Å². The van der Waals surface area contributed by atoms with Crippen LogP contribution in [0, 0.1) is 11.8 Å². The number of carbonyl (C=O) groups excluding carboxylic acids is 2. The van der Waals surface area contributed by atoms with Crippen LogP contribution in [0.3, 0.4) is 0 Å². The fourth-order valence-corrected chi connectivity index (χ4v) is 2.54. The van der Waals surface area contributed by atoms with Gasteiger partial charge in [-0.2, -0.15) is 0 Å². The fourth-order valence-electron chi connectivity index (χ4n) is 2.54. The molecule has 0 saturated carbocycles. The maximum absolute atomic E-state index is 12.2. The first-order valence-electron chi connectivity index (χ1n) is 8.42. The second kappa shape index (κ2) is 8.64. The predicted molar refractivity (Wildman–Crippen MR) is 103 cm³/mol. The highest BCUT2D eigenvalue weighted by Crippen LogP contribution is 2.28. The van der Waals surface area contributed by atoms with Gasteiger partial charge in [-0.3, -0.25) is 9.59 Å². The van der Waals surface area contributed by atoms with E-state index in [0.717, 1.165) is 5.39 Å². The van der Waals surface area contributed by atoms with Crippen molar-refractivity contribution in [2.24, 2.45) is 5.73 Å². The number of furan rings is 1. The van der Waals surface area contributed by atoms with E-state index in [9.17, 15) is 9.59 Å². The van der Waals surface area contributed by atoms with Gasteiger partial charge in [0, 0.05) is 5.39 Å². The lowest BCUT2D eigenvalue weighted by Gasteiger charge is -2.05. The Hall–Kier alpha value is -3.92. The van der Waals surface area contributed by atoms with Crippen LogP contribution in [0.25, 0.3) is 11.0 Å². The van der Waals surface area contributed by atoms with Crippen LogP contribution < -0.4 is 20.5 Å². The molecule has 0 unspecified atom stereocenters. The lowest BCUT2D eigenvalue weighted by molar-refractivity contribution is 0.0932. The standard InChI is InChI=1S/C21H18N2O5/c1-26-17-10-6-7-14-13-18(28-19(14)17)21(25)23-11-4-5-12-27-16-9-3-2-8-15(16)20(22)24/h2-3,6-10,13H,11-12H2,1H3,(H2,22,24)(H,23,25). The minimum atomic E-state index is -0.571. The Morgan fingerprint density at radius 2 is 1.89 bits per heavy atom. The van der Waals surface area contributed by atoms with Crippen LogP contribution in [0.2, 0.25) is 0 Å². The van der Waals surface area contributed by atoms with Crippen molar-refractivity contribution in [3.63, 3.8) is 0 Å². The van der Waals surface area contributed by atoms with Crippen LogP contribution >= 0.6 is 0 Å². The third-order valence-corrected chi connectivity index (χ3v) is 3.87. The van der Waals surface area contributed by atoms with Crippen molar-refractivity contribution in [3.8, 4) is 23.3 Å². The predicted octanol–water partition coefficient (Wildman–Crippen LogP) is 2.35. The molecule has 0 aliphatic rings. The Morgan fingerprint density at radius 1 is 1.11 bits per heavy atom. The summed E-state index contributed by atoms with van der Waals surface area (Å²) in [6, 6.07) is 13.7. The number of para-hydroxylation sites is 2. The van der Waals surface area contributed by atoms with Gasteiger partial charge >= 0.3 is 0 Å². The second-order valence-electron chi connectivity index (χ2n) is 5.67. The topological polar surface area (TPSA) is 104 Å². The number of carbonyl (C=O) groups is 2. The van der Waals surface area contributed by atoms with E-state index in [0.29, 0.717) is 17.1 Å². The first-order chi connectivity index (χ1) is 13.6. The Balaban J connectivity index is 1.54. The molecule has 0 fully saturated rings. The number of hydrogen-bond acceptors (Lipinski definition) is 5. The molecule has 1 heterocycles. The normalized spacial score (nSPS) is 10.0. The largest absolute Gasteiger partial charge is 0.493 e. The molecule has 2 aromatic carbocycles. The van der Waals surface area contributed by atoms with Crippen molar-refractivity contribution < 1.29 is 23.5 Å². The molecule has 0 spiro atoms. The lowest BCUT2D eigenvalue weighted by Crippen LogP contribution is -2.23. The van der Waals surface area contributed by atoms with Gasteiger partial charge in [0.25, 0.3) is 11.8 Å². The Kier molecular flexibility index (Phi) is 5.82. The third kappa shape index (κ3) is 4.24. The van der Waals surface area contributed by atoms with E-state index in [1.165, 1.54) is 7.11 Å². The molecule has 7 heteroatoms. The van der Waals surface area contributed by atoms with E-state index in [-0.39, 0.29) is 30.4 Å². The summed E-state index contributed by atoms with van der Waals surface area (Å²) in [4.78, 5) is 23.5. The van der Waals surface area contributed by atoms with Crippen molar-refractivity contribution in [1.29, 1.82) is 0 Å². The molecule has 0 aliphatic carbocycles. The minimum absolute atomic E-state index is 0.0575. The van der Waals surface area contributed by atoms with Crippen LogP contribution in [0.1, 0.15) is 20.9 Å². The number of nitrogens with one attached hydrogen (secondary N) is 1. The molecule has 3 N–H and O–H groups in total. The van der Waals surface area contributed by atoms with Crippen molar-refractivity contribution in [3.05, 3.63) is 59.9 Å². The quantitative estimate of drug-likeness (QED) is 0.641. The molecular weight excluding hydrogens is 360 g/mol. The number of rotatable bonds is 6. The highest BCUT2D eigenvalue weighted by atomic mass is 16.5. The van der Waals surface area contributed by atoms with Gasteiger partial charge in [0.1, 0.15) is 12.4 Å². The molecule has 3 rings (SSSR count). The van der Waals surface area contributed by atoms with Crippen LogP contribution in [-0.2, 0) is 0 Å². The summed E-state index contributed by atoms with van der Waals surface area (Å²) in [5.74, 6) is 5.68. The van der Waals surface area contributed by atoms with E-state index in [2.05, 4.69) is 17.2 Å². The summed E-state index contributed by atoms with van der Waals surface area (Å²) in [5, 5.41) is 3.42. The monoisotopic (exact) mass is 378 g/mol. The SMILES string of the molecule is COc1cccc2cc(C(=O)NCC#CCOc3ccccc3C(N)=O)oc12. The summed E-state index contributed by atoms with van der Waals surface area (Å²) in [6.07, 6.45) is 0. The number of ether oxygens (including phenoxy) is 2. The zero-order chi connectivity index (χ0) is 19.9. The van der Waals surface area contributed by atoms with Gasteiger partial charge in [0.2, 0.25) is 0 Å². The first kappa shape index (κ1) is 18.9. The summed E-state index contributed by atoms with van der Waals surface area (Å²) in [6.45, 7) is 0.176. The Labute approximate surface area is 161 Å². The minimum Gasteiger partial charge on any atom is -0.493 e. The van der Waals surface area contributed by atoms with Crippen molar-refractivity contribution in [2.75, 3.05) is 20.3 Å². The molecule has 142 valence electrons. The third-order valence-electron chi connectivity index (χ3n) is 3.87. The number of hydrogen-bond donors (Lipinski definition) is 2. The second-order valence-corrected chi connectivity index (χ2v) is 5.67. The van der Waals surface area contributed by atoms with Gasteiger partial charge in [0.15, 0.2) is 17.1 Å². The van der Waals surface area contributed by atoms with Gasteiger partial charge in [0.05, 0.1) is 19.2 Å². The van der Waals surface area contributed by atoms with Crippen LogP contribution in [0.15, 0.2) is 52.9 Å². The van der Waals surface area contributed by atoms with Crippen LogP contribution in [0.4, 0.5) is 0 Å². The summed E-state index contributed by atoms with van der Waals surface area (Å²) >= 11 is 0. The summed E-state index contributed by atoms with van der Waals surface area (Å²) in [7, 11) is 1.54. The molecule has 0 saturated heterocycles. The first-order valence-corrected chi connectivity index (χ1v) is 8.42. The van der Waals surface area contributed by atoms with Gasteiger partial charge in [-0.25, -0.2) is 0 Å². The Morgan fingerprint density at radius 3 is 2.68 bits per heavy atom. The number of amides is 2. The van der Waals surface area contributed by atoms with Gasteiger partial charge in [-0.05, 0) is 24.3 Å². The average molecular weight is 378 g/mol. The fraction of sp³-hybridized carbons (Fsp3) is 0.143. The molecular formula is C21H18N2O5. The highest BCUT2D eigenvalue weighted by Gasteiger charge is 2.14. The lowest BCUT2D eigenvalue weighted by atomic mass is 10.2. The number of fused-ring (bicyclic) bond motifs is 1. The smallest absolute Gasteiger partial charge is 0.287 e. The van der Waals surface area contributed by atoms with Gasteiger partial charge < -0.3 is 24.9 Å². The maximum atomic E-state index is 12.2. The number of methoxy groups -OCH3 is 1. The number of nitrogens with two attached hydrogens (primary N) is 1. The summed E-state index contributed by atoms with van der Waals surface area (Å²) in [5.41, 5.74) is 6.09. The number of benzene rings is 2. The molecule has 0 bridgehead atoms. The molecule has 2 amide bonds. The zero-order valence-corrected chi connectivity index (χ0v) is 15.2.